The smallest absolute Gasteiger partial charge is 0.352 e. The third-order valence-corrected chi connectivity index (χ3v) is 7.95. The first-order valence-electron chi connectivity index (χ1n) is 13.7. The number of rotatable bonds is 9. The second-order valence-electron chi connectivity index (χ2n) is 10.6. The van der Waals surface area contributed by atoms with Gasteiger partial charge in [-0.1, -0.05) is 12.1 Å². The summed E-state index contributed by atoms with van der Waals surface area (Å²) in [6, 6.07) is 9.37. The Morgan fingerprint density at radius 1 is 1.27 bits per heavy atom. The Balaban J connectivity index is 1.07. The lowest BCUT2D eigenvalue weighted by Crippen LogP contribution is -2.35. The first kappa shape index (κ1) is 26.2. The highest BCUT2D eigenvalue weighted by atomic mass is 19.1. The molecule has 40 heavy (non-hydrogen) atoms. The number of nitrogens with one attached hydrogen (secondary N) is 1. The van der Waals surface area contributed by atoms with Crippen LogP contribution in [0.3, 0.4) is 0 Å². The third kappa shape index (κ3) is 5.50. The lowest BCUT2D eigenvalue weighted by atomic mass is 9.93. The van der Waals surface area contributed by atoms with Gasteiger partial charge in [0.25, 0.3) is 0 Å². The Morgan fingerprint density at radius 2 is 2.10 bits per heavy atom. The molecule has 2 N–H and O–H groups in total. The van der Waals surface area contributed by atoms with E-state index in [-0.39, 0.29) is 24.3 Å². The second kappa shape index (κ2) is 11.2. The number of likely N-dealkylation sites (tertiary alicyclic amines) is 1. The number of aromatic amines is 1. The van der Waals surface area contributed by atoms with Gasteiger partial charge < -0.3 is 24.1 Å². The molecule has 11 heteroatoms. The van der Waals surface area contributed by atoms with Crippen molar-refractivity contribution in [3.05, 3.63) is 65.0 Å². The molecule has 0 amide bonds. The maximum Gasteiger partial charge on any atom is 0.352 e. The van der Waals surface area contributed by atoms with Crippen molar-refractivity contribution in [3.8, 4) is 11.9 Å². The van der Waals surface area contributed by atoms with Gasteiger partial charge in [0.05, 0.1) is 31.2 Å². The maximum absolute atomic E-state index is 14.2. The van der Waals surface area contributed by atoms with Crippen molar-refractivity contribution in [2.24, 2.45) is 5.92 Å². The number of aromatic nitrogens is 4. The van der Waals surface area contributed by atoms with Gasteiger partial charge in [0.2, 0.25) is 5.88 Å². The number of ether oxygens (including phenoxy) is 2. The molecule has 0 saturated carbocycles. The molecule has 0 radical (unpaired) electrons. The predicted molar refractivity (Wildman–Crippen MR) is 143 cm³/mol. The topological polar surface area (TPSA) is 129 Å². The van der Waals surface area contributed by atoms with E-state index in [4.69, 9.17) is 24.7 Å². The normalized spacial score (nSPS) is 21.9. The molecule has 2 aliphatic heterocycles. The molecule has 0 aromatic carbocycles. The summed E-state index contributed by atoms with van der Waals surface area (Å²) in [7, 11) is 0. The van der Waals surface area contributed by atoms with Crippen molar-refractivity contribution in [1.82, 2.24) is 24.4 Å². The highest BCUT2D eigenvalue weighted by molar-refractivity contribution is 5.91. The molecule has 0 spiro atoms. The summed E-state index contributed by atoms with van der Waals surface area (Å²) < 4.78 is 27.8. The monoisotopic (exact) mass is 546 g/mol. The summed E-state index contributed by atoms with van der Waals surface area (Å²) in [6.07, 6.45) is 6.53. The van der Waals surface area contributed by atoms with Gasteiger partial charge in [-0.05, 0) is 57.0 Å². The van der Waals surface area contributed by atoms with Crippen LogP contribution >= 0.6 is 0 Å². The number of halogens is 1. The maximum atomic E-state index is 14.2. The molecule has 3 aliphatic rings. The van der Waals surface area contributed by atoms with Crippen LogP contribution in [0, 0.1) is 17.2 Å². The zero-order chi connectivity index (χ0) is 27.6. The fourth-order valence-corrected chi connectivity index (χ4v) is 5.53. The fourth-order valence-electron chi connectivity index (χ4n) is 5.53. The van der Waals surface area contributed by atoms with Gasteiger partial charge in [-0.2, -0.15) is 5.26 Å². The van der Waals surface area contributed by atoms with Crippen LogP contribution in [0.2, 0.25) is 0 Å². The number of imidazole rings is 1. The minimum absolute atomic E-state index is 0.0793. The summed E-state index contributed by atoms with van der Waals surface area (Å²) >= 11 is 0. The number of carboxylic acids is 1. The van der Waals surface area contributed by atoms with Crippen LogP contribution in [0.15, 0.2) is 47.8 Å². The number of aromatic carboxylic acids is 1. The number of H-pyrrole nitrogens is 1. The van der Waals surface area contributed by atoms with E-state index in [0.717, 1.165) is 56.1 Å². The quantitative estimate of drug-likeness (QED) is 0.406. The van der Waals surface area contributed by atoms with Crippen molar-refractivity contribution in [2.45, 2.75) is 50.8 Å². The third-order valence-electron chi connectivity index (χ3n) is 7.95. The average Bonchev–Trinajstić information content (AvgIpc) is 3.49. The van der Waals surface area contributed by atoms with Crippen LogP contribution in [-0.2, 0) is 17.8 Å². The van der Waals surface area contributed by atoms with Gasteiger partial charge in [-0.25, -0.2) is 19.2 Å². The second-order valence-corrected chi connectivity index (χ2v) is 10.6. The number of fused-ring (bicyclic) bond motifs is 1. The minimum Gasteiger partial charge on any atom is -0.477 e. The number of nitriles is 1. The molecule has 5 heterocycles. The van der Waals surface area contributed by atoms with E-state index in [1.54, 1.807) is 18.2 Å². The molecule has 208 valence electrons. The van der Waals surface area contributed by atoms with E-state index in [2.05, 4.69) is 20.5 Å². The summed E-state index contributed by atoms with van der Waals surface area (Å²) in [5.41, 5.74) is 2.94. The van der Waals surface area contributed by atoms with Gasteiger partial charge in [0, 0.05) is 29.9 Å². The largest absolute Gasteiger partial charge is 0.477 e. The van der Waals surface area contributed by atoms with Crippen LogP contribution in [0.5, 0.6) is 5.88 Å². The summed E-state index contributed by atoms with van der Waals surface area (Å²) in [6.45, 7) is 3.90. The summed E-state index contributed by atoms with van der Waals surface area (Å²) in [4.78, 5) is 26.3. The molecular weight excluding hydrogens is 515 g/mol. The van der Waals surface area contributed by atoms with Crippen molar-refractivity contribution in [3.63, 3.8) is 0 Å². The average molecular weight is 547 g/mol. The highest BCUT2D eigenvalue weighted by Crippen LogP contribution is 2.30. The number of nitrogens with zero attached hydrogens (tertiary/aromatic N) is 5. The van der Waals surface area contributed by atoms with E-state index < -0.39 is 17.7 Å². The first-order valence-corrected chi connectivity index (χ1v) is 13.7. The Kier molecular flexibility index (Phi) is 7.36. The van der Waals surface area contributed by atoms with E-state index in [1.165, 1.54) is 6.08 Å². The number of hydrogen-bond donors (Lipinski definition) is 2. The molecule has 2 atom stereocenters. The van der Waals surface area contributed by atoms with Crippen LogP contribution in [0.25, 0.3) is 11.2 Å². The lowest BCUT2D eigenvalue weighted by molar-refractivity contribution is -0.0592. The number of piperidine rings is 1. The van der Waals surface area contributed by atoms with Gasteiger partial charge in [-0.3, -0.25) is 4.90 Å². The number of pyridine rings is 1. The highest BCUT2D eigenvalue weighted by Gasteiger charge is 2.27. The number of carbonyl (C=O) groups is 1. The van der Waals surface area contributed by atoms with Gasteiger partial charge in [0.1, 0.15) is 35.1 Å². The Morgan fingerprint density at radius 3 is 2.80 bits per heavy atom. The number of hydrogen-bond acceptors (Lipinski definition) is 7. The Labute approximate surface area is 230 Å². The van der Waals surface area contributed by atoms with E-state index >= 15 is 0 Å². The van der Waals surface area contributed by atoms with Crippen LogP contribution in [0.4, 0.5) is 4.39 Å². The fraction of sp³-hybridized carbons (Fsp3) is 0.448. The summed E-state index contributed by atoms with van der Waals surface area (Å²) in [5, 5.41) is 18.4. The SMILES string of the molecule is N#CC1C=C(F)C(COc2cccc(C3CCN(Cc4nc5cc(C(=O)O)[nH]c5n4CC4CCO4)CC3)n2)=CC1. The van der Waals surface area contributed by atoms with Crippen LogP contribution in [0.1, 0.15) is 53.6 Å². The molecule has 2 saturated heterocycles. The standard InChI is InChI=1S/C29H31FN6O4/c30-22-12-18(14-31)4-5-20(22)17-40-27-3-1-2-23(33-27)19-6-9-35(10-7-19)16-26-32-24-13-25(29(37)38)34-28(24)36(26)15-21-8-11-39-21/h1-3,5,12-13,18-19,21,34H,4,6-11,15-17H2,(H,37,38). The van der Waals surface area contributed by atoms with Gasteiger partial charge in [0.15, 0.2) is 0 Å². The summed E-state index contributed by atoms with van der Waals surface area (Å²) in [5.74, 6) is -0.168. The molecule has 0 bridgehead atoms. The molecule has 1 aliphatic carbocycles. The van der Waals surface area contributed by atoms with Gasteiger partial charge >= 0.3 is 5.97 Å². The first-order chi connectivity index (χ1) is 19.5. The van der Waals surface area contributed by atoms with Crippen molar-refractivity contribution in [1.29, 1.82) is 5.26 Å². The van der Waals surface area contributed by atoms with Crippen LogP contribution in [-0.4, -0.2) is 67.9 Å². The van der Waals surface area contributed by atoms with Crippen molar-refractivity contribution < 1.29 is 23.8 Å². The van der Waals surface area contributed by atoms with Crippen molar-refractivity contribution >= 4 is 17.1 Å². The van der Waals surface area contributed by atoms with Crippen LogP contribution < -0.4 is 4.74 Å². The minimum atomic E-state index is -1.00. The van der Waals surface area contributed by atoms with E-state index in [9.17, 15) is 14.3 Å². The molecule has 2 fully saturated rings. The Hall–Kier alpha value is -4.01. The molecule has 3 aromatic rings. The number of carboxylic acid groups (broad SMARTS) is 1. The van der Waals surface area contributed by atoms with Gasteiger partial charge in [-0.15, -0.1) is 0 Å². The predicted octanol–water partition coefficient (Wildman–Crippen LogP) is 4.33. The van der Waals surface area contributed by atoms with E-state index in [0.29, 0.717) is 36.5 Å². The van der Waals surface area contributed by atoms with Crippen molar-refractivity contribution in [2.75, 3.05) is 26.3 Å². The number of allylic oxidation sites excluding steroid dienone is 2. The molecule has 3 aromatic heterocycles. The van der Waals surface area contributed by atoms with E-state index in [1.807, 2.05) is 12.1 Å². The molecule has 6 rings (SSSR count). The zero-order valence-corrected chi connectivity index (χ0v) is 22.1. The molecule has 10 nitrogen and oxygen atoms in total. The zero-order valence-electron chi connectivity index (χ0n) is 22.1. The Bertz CT molecular complexity index is 1510. The molecular formula is C29H31FN6O4. The lowest BCUT2D eigenvalue weighted by Gasteiger charge is -2.32. The molecule has 2 unspecified atom stereocenters.